The van der Waals surface area contributed by atoms with E-state index in [1.54, 1.807) is 0 Å². The molecule has 0 aliphatic heterocycles. The Morgan fingerprint density at radius 2 is 1.70 bits per heavy atom. The molecule has 0 atom stereocenters. The van der Waals surface area contributed by atoms with E-state index in [1.807, 2.05) is 0 Å². The van der Waals surface area contributed by atoms with Gasteiger partial charge >= 0.3 is 0 Å². The van der Waals surface area contributed by atoms with Crippen molar-refractivity contribution in [1.29, 1.82) is 0 Å². The van der Waals surface area contributed by atoms with Crippen molar-refractivity contribution in [2.24, 2.45) is 0 Å². The SMILES string of the molecule is CCCC(=O)[SiH](CC)CC. The van der Waals surface area contributed by atoms with Gasteiger partial charge in [0.25, 0.3) is 0 Å². The van der Waals surface area contributed by atoms with E-state index in [2.05, 4.69) is 20.8 Å². The lowest BCUT2D eigenvalue weighted by molar-refractivity contribution is -0.112. The third-order valence-electron chi connectivity index (χ3n) is 1.94. The van der Waals surface area contributed by atoms with Crippen LogP contribution in [0.5, 0.6) is 0 Å². The van der Waals surface area contributed by atoms with Gasteiger partial charge in [0.2, 0.25) is 0 Å². The Labute approximate surface area is 65.4 Å². The third-order valence-corrected chi connectivity index (χ3v) is 5.11. The molecule has 0 fully saturated rings. The Kier molecular flexibility index (Phi) is 5.59. The van der Waals surface area contributed by atoms with E-state index >= 15 is 0 Å². The molecule has 0 spiro atoms. The Morgan fingerprint density at radius 3 is 2.00 bits per heavy atom. The van der Waals surface area contributed by atoms with E-state index in [0.29, 0.717) is 5.41 Å². The monoisotopic (exact) mass is 158 g/mol. The fourth-order valence-electron chi connectivity index (χ4n) is 1.19. The highest BCUT2D eigenvalue weighted by atomic mass is 28.3. The number of rotatable bonds is 5. The molecule has 0 aromatic rings. The molecule has 0 saturated heterocycles. The van der Waals surface area contributed by atoms with Crippen molar-refractivity contribution in [2.75, 3.05) is 0 Å². The molecule has 2 heteroatoms. The Hall–Kier alpha value is -0.113. The smallest absolute Gasteiger partial charge is 0.116 e. The average molecular weight is 158 g/mol. The van der Waals surface area contributed by atoms with Crippen LogP contribution in [0.15, 0.2) is 0 Å². The van der Waals surface area contributed by atoms with Gasteiger partial charge in [0.1, 0.15) is 14.2 Å². The van der Waals surface area contributed by atoms with Gasteiger partial charge in [-0.05, 0) is 6.42 Å². The fraction of sp³-hybridized carbons (Fsp3) is 0.875. The fourth-order valence-corrected chi connectivity index (χ4v) is 3.38. The molecule has 0 heterocycles. The average Bonchev–Trinajstić information content (AvgIpc) is 1.91. The minimum absolute atomic E-state index is 0.590. The van der Waals surface area contributed by atoms with Crippen LogP contribution in [0, 0.1) is 0 Å². The molecule has 0 amide bonds. The summed E-state index contributed by atoms with van der Waals surface area (Å²) in [4.78, 5) is 11.3. The number of carbonyl (C=O) groups excluding carboxylic acids is 1. The van der Waals surface area contributed by atoms with Crippen LogP contribution in [0.3, 0.4) is 0 Å². The van der Waals surface area contributed by atoms with E-state index in [4.69, 9.17) is 0 Å². The Morgan fingerprint density at radius 1 is 1.20 bits per heavy atom. The van der Waals surface area contributed by atoms with Crippen molar-refractivity contribution in [3.63, 3.8) is 0 Å². The van der Waals surface area contributed by atoms with E-state index in [-0.39, 0.29) is 0 Å². The van der Waals surface area contributed by atoms with Gasteiger partial charge in [0, 0.05) is 6.42 Å². The predicted molar refractivity (Wildman–Crippen MR) is 48.0 cm³/mol. The van der Waals surface area contributed by atoms with E-state index in [9.17, 15) is 4.79 Å². The van der Waals surface area contributed by atoms with Gasteiger partial charge in [0.05, 0.1) is 0 Å². The number of hydrogen-bond donors (Lipinski definition) is 0. The molecule has 0 aromatic carbocycles. The van der Waals surface area contributed by atoms with Crippen molar-refractivity contribution in [3.8, 4) is 0 Å². The van der Waals surface area contributed by atoms with Crippen molar-refractivity contribution in [1.82, 2.24) is 0 Å². The van der Waals surface area contributed by atoms with Gasteiger partial charge < -0.3 is 4.79 Å². The molecular formula is C8H18OSi. The summed E-state index contributed by atoms with van der Waals surface area (Å²) in [6, 6.07) is 2.30. The second kappa shape index (κ2) is 5.66. The second-order valence-corrected chi connectivity index (χ2v) is 6.40. The van der Waals surface area contributed by atoms with E-state index < -0.39 is 8.80 Å². The summed E-state index contributed by atoms with van der Waals surface area (Å²) in [5.41, 5.74) is 0. The first-order chi connectivity index (χ1) is 4.76. The van der Waals surface area contributed by atoms with Crippen LogP contribution in [0.2, 0.25) is 12.1 Å². The second-order valence-electron chi connectivity index (χ2n) is 2.73. The summed E-state index contributed by atoms with van der Waals surface area (Å²) >= 11 is 0. The maximum absolute atomic E-state index is 11.3. The van der Waals surface area contributed by atoms with Crippen molar-refractivity contribution in [2.45, 2.75) is 45.7 Å². The summed E-state index contributed by atoms with van der Waals surface area (Å²) < 4.78 is 0. The summed E-state index contributed by atoms with van der Waals surface area (Å²) in [7, 11) is -0.943. The summed E-state index contributed by atoms with van der Waals surface area (Å²) in [6.45, 7) is 6.37. The molecule has 10 heavy (non-hydrogen) atoms. The summed E-state index contributed by atoms with van der Waals surface area (Å²) in [6.07, 6.45) is 1.86. The maximum Gasteiger partial charge on any atom is 0.116 e. The molecule has 0 aliphatic carbocycles. The van der Waals surface area contributed by atoms with Gasteiger partial charge in [-0.15, -0.1) is 0 Å². The van der Waals surface area contributed by atoms with Crippen LogP contribution in [-0.2, 0) is 4.79 Å². The molecule has 0 rings (SSSR count). The quantitative estimate of drug-likeness (QED) is 0.560. The van der Waals surface area contributed by atoms with Crippen LogP contribution in [0.25, 0.3) is 0 Å². The highest BCUT2D eigenvalue weighted by Crippen LogP contribution is 2.03. The van der Waals surface area contributed by atoms with Crippen molar-refractivity contribution >= 4 is 14.2 Å². The number of hydrogen-bond acceptors (Lipinski definition) is 1. The van der Waals surface area contributed by atoms with Gasteiger partial charge in [-0.1, -0.05) is 32.9 Å². The number of carbonyl (C=O) groups is 1. The lowest BCUT2D eigenvalue weighted by Gasteiger charge is -2.06. The zero-order valence-electron chi connectivity index (χ0n) is 7.31. The zero-order valence-corrected chi connectivity index (χ0v) is 8.47. The molecule has 0 unspecified atom stereocenters. The largest absolute Gasteiger partial charge is 0.306 e. The molecule has 0 bridgehead atoms. The van der Waals surface area contributed by atoms with Gasteiger partial charge in [-0.2, -0.15) is 0 Å². The Balaban J connectivity index is 3.65. The topological polar surface area (TPSA) is 17.1 Å². The van der Waals surface area contributed by atoms with Gasteiger partial charge in [-0.25, -0.2) is 0 Å². The van der Waals surface area contributed by atoms with E-state index in [1.165, 1.54) is 0 Å². The molecule has 0 saturated carbocycles. The first-order valence-electron chi connectivity index (χ1n) is 4.28. The molecule has 60 valence electrons. The first kappa shape index (κ1) is 9.89. The first-order valence-corrected chi connectivity index (χ1v) is 6.49. The predicted octanol–water partition coefficient (Wildman–Crippen LogP) is 2.16. The zero-order chi connectivity index (χ0) is 7.98. The summed E-state index contributed by atoms with van der Waals surface area (Å²) in [5.74, 6) is 0. The molecule has 0 N–H and O–H groups in total. The molecule has 0 radical (unpaired) electrons. The van der Waals surface area contributed by atoms with Crippen LogP contribution in [0.1, 0.15) is 33.6 Å². The standard InChI is InChI=1S/C8H18OSi/c1-4-7-8(9)10(5-2)6-3/h10H,4-7H2,1-3H3. The highest BCUT2D eigenvalue weighted by Gasteiger charge is 2.13. The lowest BCUT2D eigenvalue weighted by Crippen LogP contribution is -2.23. The molecule has 0 aromatic heterocycles. The maximum atomic E-state index is 11.3. The normalized spacial score (nSPS) is 10.4. The van der Waals surface area contributed by atoms with Crippen LogP contribution in [-0.4, -0.2) is 14.2 Å². The minimum Gasteiger partial charge on any atom is -0.306 e. The molecule has 1 nitrogen and oxygen atoms in total. The minimum atomic E-state index is -0.943. The third kappa shape index (κ3) is 3.16. The van der Waals surface area contributed by atoms with Crippen molar-refractivity contribution in [3.05, 3.63) is 0 Å². The van der Waals surface area contributed by atoms with Crippen LogP contribution in [0.4, 0.5) is 0 Å². The van der Waals surface area contributed by atoms with Crippen molar-refractivity contribution < 1.29 is 4.79 Å². The lowest BCUT2D eigenvalue weighted by atomic mass is 10.4. The summed E-state index contributed by atoms with van der Waals surface area (Å²) in [5, 5.41) is 0.590. The van der Waals surface area contributed by atoms with E-state index in [0.717, 1.165) is 24.9 Å². The Bertz CT molecular complexity index is 97.4. The molecular weight excluding hydrogens is 140 g/mol. The van der Waals surface area contributed by atoms with Crippen LogP contribution >= 0.6 is 0 Å². The van der Waals surface area contributed by atoms with Gasteiger partial charge in [-0.3, -0.25) is 0 Å². The van der Waals surface area contributed by atoms with Crippen LogP contribution < -0.4 is 0 Å². The molecule has 0 aliphatic rings. The van der Waals surface area contributed by atoms with Gasteiger partial charge in [0.15, 0.2) is 0 Å². The highest BCUT2D eigenvalue weighted by molar-refractivity contribution is 6.89.